The number of nitrogens with zero attached hydrogens (tertiary/aromatic N) is 1. The molecule has 0 aromatic heterocycles. The fourth-order valence-electron chi connectivity index (χ4n) is 2.51. The Labute approximate surface area is 146 Å². The van der Waals surface area contributed by atoms with Gasteiger partial charge in [-0.1, -0.05) is 44.4 Å². The van der Waals surface area contributed by atoms with Gasteiger partial charge in [0.05, 0.1) is 0 Å². The van der Waals surface area contributed by atoms with Crippen molar-refractivity contribution >= 4 is 6.21 Å². The van der Waals surface area contributed by atoms with Crippen molar-refractivity contribution in [1.82, 2.24) is 0 Å². The lowest BCUT2D eigenvalue weighted by Crippen LogP contribution is -1.96. The molecular weight excluding hydrogens is 294 g/mol. The van der Waals surface area contributed by atoms with Crippen LogP contribution in [0, 0.1) is 13.8 Å². The Kier molecular flexibility index (Phi) is 7.54. The van der Waals surface area contributed by atoms with E-state index in [2.05, 4.69) is 56.1 Å². The van der Waals surface area contributed by atoms with Crippen LogP contribution < -0.4 is 4.74 Å². The Bertz CT molecular complexity index is 644. The van der Waals surface area contributed by atoms with Gasteiger partial charge in [-0.2, -0.15) is 0 Å². The van der Waals surface area contributed by atoms with Gasteiger partial charge in [0.1, 0.15) is 12.4 Å². The molecule has 0 amide bonds. The van der Waals surface area contributed by atoms with Crippen molar-refractivity contribution in [3.05, 3.63) is 64.7 Å². The quantitative estimate of drug-likeness (QED) is 0.417. The van der Waals surface area contributed by atoms with Crippen LogP contribution in [0.25, 0.3) is 0 Å². The largest absolute Gasteiger partial charge is 0.489 e. The van der Waals surface area contributed by atoms with Gasteiger partial charge in [-0.15, -0.1) is 0 Å². The maximum absolute atomic E-state index is 5.87. The molecule has 2 aromatic rings. The third-order valence-corrected chi connectivity index (χ3v) is 4.24. The summed E-state index contributed by atoms with van der Waals surface area (Å²) in [7, 11) is 0. The number of aliphatic imine (C=N–C) groups is 1. The highest BCUT2D eigenvalue weighted by atomic mass is 16.5. The maximum Gasteiger partial charge on any atom is 0.119 e. The van der Waals surface area contributed by atoms with Gasteiger partial charge in [-0.05, 0) is 66.8 Å². The molecule has 0 fully saturated rings. The normalized spacial score (nSPS) is 11.1. The van der Waals surface area contributed by atoms with Gasteiger partial charge < -0.3 is 4.74 Å². The molecule has 128 valence electrons. The molecule has 0 aliphatic heterocycles. The van der Waals surface area contributed by atoms with E-state index in [9.17, 15) is 0 Å². The first kappa shape index (κ1) is 18.3. The second kappa shape index (κ2) is 9.92. The maximum atomic E-state index is 5.87. The Morgan fingerprint density at radius 2 is 1.71 bits per heavy atom. The molecule has 0 aliphatic carbocycles. The number of ether oxygens (including phenoxy) is 1. The SMILES string of the molecule is CCCCCCN=Cc1ccc(OCc2ccc(C)c(C)c2)cc1. The first-order valence-electron chi connectivity index (χ1n) is 8.98. The second-order valence-corrected chi connectivity index (χ2v) is 6.37. The zero-order valence-corrected chi connectivity index (χ0v) is 15.2. The summed E-state index contributed by atoms with van der Waals surface area (Å²) < 4.78 is 5.87. The Balaban J connectivity index is 1.79. The average Bonchev–Trinajstić information content (AvgIpc) is 2.60. The van der Waals surface area contributed by atoms with Crippen LogP contribution in [0.15, 0.2) is 47.5 Å². The van der Waals surface area contributed by atoms with Crippen molar-refractivity contribution in [1.29, 1.82) is 0 Å². The number of aryl methyl sites for hydroxylation is 2. The van der Waals surface area contributed by atoms with Crippen molar-refractivity contribution in [2.24, 2.45) is 4.99 Å². The molecule has 0 radical (unpaired) electrons. The van der Waals surface area contributed by atoms with Crippen LogP contribution in [0.1, 0.15) is 54.9 Å². The molecule has 0 bridgehead atoms. The molecular formula is C22H29NO. The third-order valence-electron chi connectivity index (χ3n) is 4.24. The van der Waals surface area contributed by atoms with Crippen molar-refractivity contribution in [3.8, 4) is 5.75 Å². The fourth-order valence-corrected chi connectivity index (χ4v) is 2.51. The van der Waals surface area contributed by atoms with E-state index in [0.29, 0.717) is 6.61 Å². The Hall–Kier alpha value is -2.09. The van der Waals surface area contributed by atoms with E-state index in [1.54, 1.807) is 0 Å². The molecule has 0 spiro atoms. The summed E-state index contributed by atoms with van der Waals surface area (Å²) in [4.78, 5) is 4.49. The number of unbranched alkanes of at least 4 members (excludes halogenated alkanes) is 3. The topological polar surface area (TPSA) is 21.6 Å². The van der Waals surface area contributed by atoms with Gasteiger partial charge in [-0.3, -0.25) is 4.99 Å². The summed E-state index contributed by atoms with van der Waals surface area (Å²) in [5, 5.41) is 0. The van der Waals surface area contributed by atoms with Gasteiger partial charge in [0.15, 0.2) is 0 Å². The van der Waals surface area contributed by atoms with E-state index >= 15 is 0 Å². The summed E-state index contributed by atoms with van der Waals surface area (Å²) in [6.07, 6.45) is 7.00. The zero-order valence-electron chi connectivity index (χ0n) is 15.2. The zero-order chi connectivity index (χ0) is 17.2. The molecule has 0 aliphatic rings. The van der Waals surface area contributed by atoms with Gasteiger partial charge in [-0.25, -0.2) is 0 Å². The summed E-state index contributed by atoms with van der Waals surface area (Å²) in [6, 6.07) is 14.6. The van der Waals surface area contributed by atoms with E-state index in [0.717, 1.165) is 17.9 Å². The number of hydrogen-bond acceptors (Lipinski definition) is 2. The van der Waals surface area contributed by atoms with E-state index < -0.39 is 0 Å². The molecule has 0 heterocycles. The van der Waals surface area contributed by atoms with Gasteiger partial charge in [0.2, 0.25) is 0 Å². The van der Waals surface area contributed by atoms with Gasteiger partial charge in [0.25, 0.3) is 0 Å². The predicted molar refractivity (Wildman–Crippen MR) is 103 cm³/mol. The molecule has 0 atom stereocenters. The highest BCUT2D eigenvalue weighted by molar-refractivity contribution is 5.79. The summed E-state index contributed by atoms with van der Waals surface area (Å²) in [6.45, 7) is 8.02. The van der Waals surface area contributed by atoms with Crippen LogP contribution in [-0.2, 0) is 6.61 Å². The standard InChI is InChI=1S/C22H29NO/c1-4-5-6-7-14-23-16-20-10-12-22(13-11-20)24-17-21-9-8-18(2)19(3)15-21/h8-13,15-16H,4-7,14,17H2,1-3H3. The molecule has 0 saturated heterocycles. The van der Waals surface area contributed by atoms with E-state index in [-0.39, 0.29) is 0 Å². The van der Waals surface area contributed by atoms with Crippen LogP contribution in [0.3, 0.4) is 0 Å². The molecule has 2 rings (SSSR count). The smallest absolute Gasteiger partial charge is 0.119 e. The van der Waals surface area contributed by atoms with Crippen LogP contribution in [0.2, 0.25) is 0 Å². The first-order chi connectivity index (χ1) is 11.7. The van der Waals surface area contributed by atoms with Crippen LogP contribution >= 0.6 is 0 Å². The van der Waals surface area contributed by atoms with Crippen LogP contribution in [-0.4, -0.2) is 12.8 Å². The molecule has 0 N–H and O–H groups in total. The molecule has 2 aromatic carbocycles. The highest BCUT2D eigenvalue weighted by Crippen LogP contribution is 2.15. The summed E-state index contributed by atoms with van der Waals surface area (Å²) >= 11 is 0. The van der Waals surface area contributed by atoms with Crippen LogP contribution in [0.4, 0.5) is 0 Å². The number of hydrogen-bond donors (Lipinski definition) is 0. The second-order valence-electron chi connectivity index (χ2n) is 6.37. The minimum Gasteiger partial charge on any atom is -0.489 e. The third kappa shape index (κ3) is 6.19. The minimum absolute atomic E-state index is 0.603. The fraction of sp³-hybridized carbons (Fsp3) is 0.409. The summed E-state index contributed by atoms with van der Waals surface area (Å²) in [5.41, 5.74) is 4.96. The lowest BCUT2D eigenvalue weighted by Gasteiger charge is -2.08. The lowest BCUT2D eigenvalue weighted by atomic mass is 10.1. The molecule has 2 nitrogen and oxygen atoms in total. The Morgan fingerprint density at radius 3 is 2.42 bits per heavy atom. The minimum atomic E-state index is 0.603. The van der Waals surface area contributed by atoms with Crippen LogP contribution in [0.5, 0.6) is 5.75 Å². The first-order valence-corrected chi connectivity index (χ1v) is 8.98. The number of benzene rings is 2. The molecule has 24 heavy (non-hydrogen) atoms. The van der Waals surface area contributed by atoms with Gasteiger partial charge >= 0.3 is 0 Å². The number of rotatable bonds is 9. The van der Waals surface area contributed by atoms with Crippen molar-refractivity contribution < 1.29 is 4.74 Å². The van der Waals surface area contributed by atoms with Crippen molar-refractivity contribution in [2.45, 2.75) is 53.1 Å². The van der Waals surface area contributed by atoms with Gasteiger partial charge in [0, 0.05) is 12.8 Å². The molecule has 0 saturated carbocycles. The monoisotopic (exact) mass is 323 g/mol. The lowest BCUT2D eigenvalue weighted by molar-refractivity contribution is 0.306. The van der Waals surface area contributed by atoms with E-state index in [1.807, 2.05) is 18.3 Å². The predicted octanol–water partition coefficient (Wildman–Crippen LogP) is 5.88. The average molecular weight is 323 g/mol. The van der Waals surface area contributed by atoms with Crippen molar-refractivity contribution in [2.75, 3.05) is 6.54 Å². The van der Waals surface area contributed by atoms with Crippen molar-refractivity contribution in [3.63, 3.8) is 0 Å². The van der Waals surface area contributed by atoms with E-state index in [1.165, 1.54) is 42.4 Å². The Morgan fingerprint density at radius 1 is 0.917 bits per heavy atom. The highest BCUT2D eigenvalue weighted by Gasteiger charge is 1.99. The van der Waals surface area contributed by atoms with E-state index in [4.69, 9.17) is 4.74 Å². The summed E-state index contributed by atoms with van der Waals surface area (Å²) in [5.74, 6) is 0.897. The molecule has 0 unspecified atom stereocenters. The molecule has 2 heteroatoms.